The molecule has 174 valence electrons. The molecule has 0 aliphatic carbocycles. The molecule has 4 rings (SSSR count). The van der Waals surface area contributed by atoms with Crippen LogP contribution >= 0.6 is 12.2 Å². The van der Waals surface area contributed by atoms with Crippen molar-refractivity contribution in [2.75, 3.05) is 32.7 Å². The van der Waals surface area contributed by atoms with Gasteiger partial charge < -0.3 is 20.3 Å². The molecule has 11 heteroatoms. The van der Waals surface area contributed by atoms with Crippen LogP contribution in [0.3, 0.4) is 0 Å². The van der Waals surface area contributed by atoms with Gasteiger partial charge in [0.2, 0.25) is 21.0 Å². The van der Waals surface area contributed by atoms with Crippen LogP contribution in [0.15, 0.2) is 27.3 Å². The Kier molecular flexibility index (Phi) is 5.81. The summed E-state index contributed by atoms with van der Waals surface area (Å²) >= 11 is 4.81. The summed E-state index contributed by atoms with van der Waals surface area (Å²) in [6.07, 6.45) is 0.738. The lowest BCUT2D eigenvalue weighted by Crippen LogP contribution is -2.48. The van der Waals surface area contributed by atoms with Crippen LogP contribution < -0.4 is 5.73 Å². The lowest BCUT2D eigenvalue weighted by atomic mass is 9.82. The van der Waals surface area contributed by atoms with Gasteiger partial charge in [0, 0.05) is 37.1 Å². The summed E-state index contributed by atoms with van der Waals surface area (Å²) in [5.41, 5.74) is 6.94. The third-order valence-electron chi connectivity index (χ3n) is 6.62. The smallest absolute Gasteiger partial charge is 0.243 e. The number of piperazine rings is 1. The van der Waals surface area contributed by atoms with Crippen molar-refractivity contribution in [3.8, 4) is 5.88 Å². The Labute approximate surface area is 193 Å². The molecule has 9 nitrogen and oxygen atoms in total. The molecule has 32 heavy (non-hydrogen) atoms. The van der Waals surface area contributed by atoms with Gasteiger partial charge in [-0.3, -0.25) is 0 Å². The number of likely N-dealkylation sites (N-methyl/N-ethyl adjacent to an activating group) is 1. The quantitative estimate of drug-likeness (QED) is 0.515. The van der Waals surface area contributed by atoms with Crippen molar-refractivity contribution >= 4 is 43.9 Å². The molecule has 0 saturated carbocycles. The van der Waals surface area contributed by atoms with Gasteiger partial charge in [0.25, 0.3) is 0 Å². The van der Waals surface area contributed by atoms with Crippen LogP contribution in [0.2, 0.25) is 0 Å². The fourth-order valence-corrected chi connectivity index (χ4v) is 6.61. The zero-order valence-corrected chi connectivity index (χ0v) is 20.5. The van der Waals surface area contributed by atoms with Crippen LogP contribution in [0.25, 0.3) is 10.9 Å². The van der Waals surface area contributed by atoms with Crippen molar-refractivity contribution < 1.29 is 13.5 Å². The number of aromatic nitrogens is 1. The number of rotatable bonds is 4. The van der Waals surface area contributed by atoms with Gasteiger partial charge >= 0.3 is 0 Å². The van der Waals surface area contributed by atoms with E-state index in [0.717, 1.165) is 24.0 Å². The molecule has 1 unspecified atom stereocenters. The van der Waals surface area contributed by atoms with E-state index in [1.54, 1.807) is 12.1 Å². The third-order valence-corrected chi connectivity index (χ3v) is 8.58. The van der Waals surface area contributed by atoms with Gasteiger partial charge in [0.1, 0.15) is 0 Å². The minimum atomic E-state index is -3.70. The molecule has 1 saturated heterocycles. The summed E-state index contributed by atoms with van der Waals surface area (Å²) in [5.74, 6) is 0.0334. The van der Waals surface area contributed by atoms with Crippen molar-refractivity contribution in [3.63, 3.8) is 0 Å². The highest BCUT2D eigenvalue weighted by Gasteiger charge is 2.38. The van der Waals surface area contributed by atoms with Gasteiger partial charge in [-0.1, -0.05) is 13.8 Å². The van der Waals surface area contributed by atoms with E-state index < -0.39 is 10.0 Å². The summed E-state index contributed by atoms with van der Waals surface area (Å²) in [6, 6.07) is 3.35. The van der Waals surface area contributed by atoms with Gasteiger partial charge in [-0.05, 0) is 62.6 Å². The summed E-state index contributed by atoms with van der Waals surface area (Å²) in [4.78, 5) is 2.44. The van der Waals surface area contributed by atoms with Crippen LogP contribution in [0.4, 0.5) is 5.69 Å². The molecule has 0 bridgehead atoms. The van der Waals surface area contributed by atoms with Gasteiger partial charge in [0.05, 0.1) is 10.4 Å². The zero-order chi connectivity index (χ0) is 23.4. The molecule has 1 aromatic heterocycles. The normalized spacial score (nSPS) is 22.1. The molecule has 0 radical (unpaired) electrons. The monoisotopic (exact) mass is 478 g/mol. The maximum atomic E-state index is 13.6. The number of benzene rings is 1. The number of nitrogens with two attached hydrogens (primary N) is 1. The van der Waals surface area contributed by atoms with Crippen LogP contribution in [0, 0.1) is 0 Å². The van der Waals surface area contributed by atoms with E-state index in [1.807, 2.05) is 18.4 Å². The molecule has 2 aliphatic heterocycles. The maximum Gasteiger partial charge on any atom is 0.243 e. The zero-order valence-electron chi connectivity index (χ0n) is 18.9. The van der Waals surface area contributed by atoms with Crippen molar-refractivity contribution in [2.24, 2.45) is 16.0 Å². The molecular weight excluding hydrogens is 448 g/mol. The average molecular weight is 479 g/mol. The topological polar surface area (TPSA) is 117 Å². The van der Waals surface area contributed by atoms with Crippen LogP contribution in [0.1, 0.15) is 45.6 Å². The molecule has 2 aromatic rings. The Bertz CT molecular complexity index is 1210. The first kappa shape index (κ1) is 23.1. The predicted octanol–water partition coefficient (Wildman–Crippen LogP) is 3.24. The van der Waals surface area contributed by atoms with E-state index in [2.05, 4.69) is 29.0 Å². The van der Waals surface area contributed by atoms with Crippen molar-refractivity contribution in [2.45, 2.75) is 50.5 Å². The number of hydrogen-bond acceptors (Lipinski definition) is 6. The van der Waals surface area contributed by atoms with Gasteiger partial charge in [-0.25, -0.2) is 8.42 Å². The van der Waals surface area contributed by atoms with Gasteiger partial charge in [-0.2, -0.15) is 4.31 Å². The Morgan fingerprint density at radius 2 is 1.94 bits per heavy atom. The van der Waals surface area contributed by atoms with E-state index in [4.69, 9.17) is 18.0 Å². The number of azo groups is 1. The van der Waals surface area contributed by atoms with E-state index >= 15 is 0 Å². The van der Waals surface area contributed by atoms with E-state index in [1.165, 1.54) is 4.31 Å². The number of sulfonamides is 1. The fourth-order valence-electron chi connectivity index (χ4n) is 5.09. The molecule has 0 amide bonds. The second kappa shape index (κ2) is 8.05. The lowest BCUT2D eigenvalue weighted by Gasteiger charge is -2.37. The molecule has 1 aromatic carbocycles. The first-order chi connectivity index (χ1) is 15.0. The summed E-state index contributed by atoms with van der Waals surface area (Å²) in [5, 5.41) is 19.3. The Morgan fingerprint density at radius 3 is 2.53 bits per heavy atom. The number of thiocarbonyl (C=S) groups is 1. The number of nitrogens with zero attached hydrogens (tertiary/aromatic N) is 5. The average Bonchev–Trinajstić information content (AvgIpc) is 3.02. The molecule has 1 atom stereocenters. The van der Waals surface area contributed by atoms with Crippen molar-refractivity contribution in [1.29, 1.82) is 0 Å². The molecule has 1 fully saturated rings. The standard InChI is InChI=1S/C21H30N6O3S2/c1-5-25-6-8-26(9-7-25)32(29,30)14-10-15-13(2)12-21(3,4)27-18(15)16(11-14)17(19(27)28)23-24-20(22)31/h10-11,13,28H,5-9,12H2,1-4H3,(H2,22,31). The second-order valence-corrected chi connectivity index (χ2v) is 11.6. The second-order valence-electron chi connectivity index (χ2n) is 9.21. The molecule has 3 N–H and O–H groups in total. The van der Waals surface area contributed by atoms with Crippen molar-refractivity contribution in [3.05, 3.63) is 17.7 Å². The number of hydrogen-bond donors (Lipinski definition) is 2. The first-order valence-electron chi connectivity index (χ1n) is 10.8. The van der Waals surface area contributed by atoms with E-state index in [9.17, 15) is 13.5 Å². The Morgan fingerprint density at radius 1 is 1.28 bits per heavy atom. The highest BCUT2D eigenvalue weighted by Crippen LogP contribution is 2.51. The van der Waals surface area contributed by atoms with Gasteiger partial charge in [0.15, 0.2) is 5.69 Å². The van der Waals surface area contributed by atoms with E-state index in [-0.39, 0.29) is 33.0 Å². The number of aromatic hydroxyl groups is 1. The molecule has 0 spiro atoms. The largest absolute Gasteiger partial charge is 0.493 e. The Balaban J connectivity index is 1.92. The summed E-state index contributed by atoms with van der Waals surface area (Å²) in [6.45, 7) is 11.5. The summed E-state index contributed by atoms with van der Waals surface area (Å²) < 4.78 is 30.5. The third kappa shape index (κ3) is 3.70. The molecule has 2 aliphatic rings. The Hall–Kier alpha value is -2.08. The highest BCUT2D eigenvalue weighted by atomic mass is 32.2. The lowest BCUT2D eigenvalue weighted by molar-refractivity contribution is 0.196. The van der Waals surface area contributed by atoms with Crippen LogP contribution in [-0.4, -0.2) is 65.1 Å². The van der Waals surface area contributed by atoms with Crippen LogP contribution in [0.5, 0.6) is 5.88 Å². The molecule has 3 heterocycles. The molecular formula is C21H30N6O3S2. The SMILES string of the molecule is CCN1CCN(S(=O)(=O)c2cc3c4c(c2)c(N=NC(N)=S)c(O)n4C(C)(C)CC3C)CC1. The van der Waals surface area contributed by atoms with E-state index in [0.29, 0.717) is 31.6 Å². The minimum Gasteiger partial charge on any atom is -0.493 e. The fraction of sp³-hybridized carbons (Fsp3) is 0.571. The predicted molar refractivity (Wildman–Crippen MR) is 128 cm³/mol. The highest BCUT2D eigenvalue weighted by molar-refractivity contribution is 7.89. The summed E-state index contributed by atoms with van der Waals surface area (Å²) in [7, 11) is -3.70. The minimum absolute atomic E-state index is 0.0655. The first-order valence-corrected chi connectivity index (χ1v) is 12.7. The van der Waals surface area contributed by atoms with Crippen molar-refractivity contribution in [1.82, 2.24) is 13.8 Å². The van der Waals surface area contributed by atoms with Gasteiger partial charge in [-0.15, -0.1) is 10.2 Å². The maximum absolute atomic E-state index is 13.6. The van der Waals surface area contributed by atoms with Crippen LogP contribution in [-0.2, 0) is 15.6 Å².